The van der Waals surface area contributed by atoms with E-state index in [1.165, 1.54) is 6.92 Å². The molecule has 0 saturated heterocycles. The second-order valence-electron chi connectivity index (χ2n) is 0.726. The van der Waals surface area contributed by atoms with Crippen LogP contribution in [0, 0.1) is 0 Å². The summed E-state index contributed by atoms with van der Waals surface area (Å²) in [5.41, 5.74) is 0. The van der Waals surface area contributed by atoms with Crippen LogP contribution in [0.5, 0.6) is 0 Å². The average molecular weight is 210 g/mol. The van der Waals surface area contributed by atoms with Gasteiger partial charge in [0, 0.05) is 5.97 Å². The zero-order valence-electron chi connectivity index (χ0n) is 4.02. The van der Waals surface area contributed by atoms with Crippen LogP contribution >= 0.6 is 0 Å². The van der Waals surface area contributed by atoms with Crippen molar-refractivity contribution < 1.29 is 78.8 Å². The largest absolute Gasteiger partial charge is 1.00 e. The monoisotopic (exact) mass is 210 g/mol. The predicted octanol–water partition coefficient (Wildman–Crippen LogP) is -3.85. The number of hydrogen-bond acceptors (Lipinski definition) is 2. The summed E-state index contributed by atoms with van der Waals surface area (Å²) in [5, 5.41) is 9.26. The zero-order chi connectivity index (χ0) is 4.28. The van der Waals surface area contributed by atoms with Crippen molar-refractivity contribution in [1.29, 1.82) is 0 Å². The molecule has 0 aliphatic heterocycles. The minimum Gasteiger partial charge on any atom is -0.550 e. The molecule has 0 fully saturated rings. The Kier molecular flexibility index (Phi) is 11.4. The van der Waals surface area contributed by atoms with E-state index in [1.807, 2.05) is 0 Å². The number of carbonyl (C=O) groups excluding carboxylic acids is 1. The SMILES string of the molecule is CCC(=[18O])[18O-].[Cs+]. The van der Waals surface area contributed by atoms with E-state index in [2.05, 4.69) is 0 Å². The van der Waals surface area contributed by atoms with Crippen LogP contribution in [-0.2, 0) is 4.79 Å². The van der Waals surface area contributed by atoms with Crippen molar-refractivity contribution in [3.05, 3.63) is 0 Å². The Labute approximate surface area is 95.7 Å². The van der Waals surface area contributed by atoms with Crippen LogP contribution in [0.25, 0.3) is 0 Å². The van der Waals surface area contributed by atoms with Gasteiger partial charge in [0.1, 0.15) is 0 Å². The maximum Gasteiger partial charge on any atom is 1.00 e. The van der Waals surface area contributed by atoms with Crippen molar-refractivity contribution in [2.75, 3.05) is 0 Å². The van der Waals surface area contributed by atoms with Crippen molar-refractivity contribution >= 4 is 5.97 Å². The van der Waals surface area contributed by atoms with Gasteiger partial charge in [-0.2, -0.15) is 0 Å². The van der Waals surface area contributed by atoms with E-state index in [9.17, 15) is 9.90 Å². The van der Waals surface area contributed by atoms with E-state index in [0.717, 1.165) is 0 Å². The van der Waals surface area contributed by atoms with E-state index in [4.69, 9.17) is 0 Å². The Balaban J connectivity index is 0. The molecule has 0 atom stereocenters. The molecule has 0 saturated carbocycles. The number of rotatable bonds is 1. The fourth-order valence-corrected chi connectivity index (χ4v) is 0. The summed E-state index contributed by atoms with van der Waals surface area (Å²) >= 11 is 0. The van der Waals surface area contributed by atoms with E-state index in [0.29, 0.717) is 0 Å². The van der Waals surface area contributed by atoms with Crippen molar-refractivity contribution in [3.8, 4) is 0 Å². The minimum absolute atomic E-state index is 0. The summed E-state index contributed by atoms with van der Waals surface area (Å²) in [5.74, 6) is -0.995. The Morgan fingerprint density at radius 1 is 1.83 bits per heavy atom. The Bertz CT molecular complexity index is 44.1. The average Bonchev–Trinajstić information content (AvgIpc) is 1.38. The topological polar surface area (TPSA) is 40.1 Å². The number of carboxylic acid groups (broad SMARTS) is 1. The first kappa shape index (κ1) is 10.5. The second kappa shape index (κ2) is 6.52. The van der Waals surface area contributed by atoms with Gasteiger partial charge in [-0.15, -0.1) is 0 Å². The first-order valence-electron chi connectivity index (χ1n) is 1.47. The molecule has 0 aromatic heterocycles. The molecule has 0 amide bonds. The Morgan fingerprint density at radius 2 is 2.00 bits per heavy atom. The molecule has 30 valence electrons. The number of aliphatic carboxylic acids is 1. The number of carboxylic acids is 1. The van der Waals surface area contributed by atoms with Gasteiger partial charge in [-0.05, 0) is 6.42 Å². The maximum absolute atomic E-state index is 9.26. The van der Waals surface area contributed by atoms with Gasteiger partial charge < -0.3 is 9.90 Å². The van der Waals surface area contributed by atoms with Crippen molar-refractivity contribution in [3.63, 3.8) is 0 Å². The molecule has 0 aromatic carbocycles. The van der Waals surface area contributed by atoms with Gasteiger partial charge in [0.25, 0.3) is 0 Å². The summed E-state index contributed by atoms with van der Waals surface area (Å²) in [6.07, 6.45) is 0.111. The fraction of sp³-hybridized carbons (Fsp3) is 0.667. The molecule has 3 heteroatoms. The summed E-state index contributed by atoms with van der Waals surface area (Å²) in [7, 11) is 0. The van der Waals surface area contributed by atoms with E-state index in [1.54, 1.807) is 0 Å². The van der Waals surface area contributed by atoms with E-state index in [-0.39, 0.29) is 75.3 Å². The van der Waals surface area contributed by atoms with Crippen LogP contribution in [0.4, 0.5) is 0 Å². The molecule has 0 bridgehead atoms. The Hall–Kier alpha value is 1.52. The van der Waals surface area contributed by atoms with Gasteiger partial charge in [0.05, 0.1) is 0 Å². The third-order valence-electron chi connectivity index (χ3n) is 0.289. The Morgan fingerprint density at radius 3 is 2.00 bits per heavy atom. The molecular weight excluding hydrogens is 205 g/mol. The molecule has 0 rings (SSSR count). The van der Waals surface area contributed by atoms with Crippen LogP contribution < -0.4 is 74.0 Å². The van der Waals surface area contributed by atoms with Crippen LogP contribution in [-0.4, -0.2) is 5.97 Å². The standard InChI is InChI=1S/C3H6O2.Cs/c1-2-3(4)5;/h2H2,1H3,(H,4,5);/q;+1/p-1/i4+2,5+2;. The summed E-state index contributed by atoms with van der Waals surface area (Å²) in [6, 6.07) is 0. The third kappa shape index (κ3) is 9.10. The molecular formula is C3H5CsO2. The molecule has 0 N–H and O–H groups in total. The van der Waals surface area contributed by atoms with Gasteiger partial charge in [-0.1, -0.05) is 6.92 Å². The third-order valence-corrected chi connectivity index (χ3v) is 0.289. The van der Waals surface area contributed by atoms with Crippen LogP contribution in [0.3, 0.4) is 0 Å². The van der Waals surface area contributed by atoms with Crippen LogP contribution in [0.15, 0.2) is 0 Å². The maximum atomic E-state index is 9.26. The quantitative estimate of drug-likeness (QED) is 0.416. The van der Waals surface area contributed by atoms with Gasteiger partial charge >= 0.3 is 68.9 Å². The van der Waals surface area contributed by atoms with Crippen LogP contribution in [0.1, 0.15) is 13.3 Å². The molecule has 0 aliphatic carbocycles. The minimum atomic E-state index is -0.995. The molecule has 0 unspecified atom stereocenters. The van der Waals surface area contributed by atoms with Crippen LogP contribution in [0.2, 0.25) is 0 Å². The molecule has 0 spiro atoms. The molecule has 2 nitrogen and oxygen atoms in total. The van der Waals surface area contributed by atoms with Gasteiger partial charge in [0.2, 0.25) is 0 Å². The molecule has 0 aromatic rings. The molecule has 0 aliphatic rings. The van der Waals surface area contributed by atoms with Gasteiger partial charge in [-0.3, -0.25) is 0 Å². The first-order chi connectivity index (χ1) is 2.27. The molecule has 0 heterocycles. The summed E-state index contributed by atoms with van der Waals surface area (Å²) in [6.45, 7) is 1.54. The van der Waals surface area contributed by atoms with Gasteiger partial charge in [0.15, 0.2) is 0 Å². The fourth-order valence-electron chi connectivity index (χ4n) is 0. The molecule has 0 radical (unpaired) electrons. The van der Waals surface area contributed by atoms with Gasteiger partial charge in [-0.25, -0.2) is 0 Å². The predicted molar refractivity (Wildman–Crippen MR) is 15.3 cm³/mol. The normalized spacial score (nSPS) is 6.17. The number of carbonyl (C=O) groups is 1. The smallest absolute Gasteiger partial charge is 0.550 e. The van der Waals surface area contributed by atoms with Crippen molar-refractivity contribution in [2.45, 2.75) is 13.3 Å². The van der Waals surface area contributed by atoms with E-state index < -0.39 is 5.97 Å². The number of hydrogen-bond donors (Lipinski definition) is 0. The first-order valence-corrected chi connectivity index (χ1v) is 1.47. The van der Waals surface area contributed by atoms with E-state index >= 15 is 0 Å². The van der Waals surface area contributed by atoms with Crippen molar-refractivity contribution in [1.82, 2.24) is 0 Å². The molecule has 6 heavy (non-hydrogen) atoms. The zero-order valence-corrected chi connectivity index (χ0v) is 10.3. The van der Waals surface area contributed by atoms with Crippen molar-refractivity contribution in [2.24, 2.45) is 0 Å². The second-order valence-corrected chi connectivity index (χ2v) is 0.726. The summed E-state index contributed by atoms with van der Waals surface area (Å²) < 4.78 is 0. The summed E-state index contributed by atoms with van der Waals surface area (Å²) in [4.78, 5) is 9.26.